The number of carbonyl (C=O) groups is 2. The number of benzene rings is 1. The topological polar surface area (TPSA) is 69.4 Å². The molecular formula is C17H25NO3. The Bertz CT molecular complexity index is 428. The normalized spacial score (nSPS) is 11.9. The summed E-state index contributed by atoms with van der Waals surface area (Å²) in [5.74, 6) is 0.281. The number of amides is 1. The Morgan fingerprint density at radius 3 is 2.43 bits per heavy atom. The number of rotatable bonds is 11. The maximum atomic E-state index is 10.8. The minimum absolute atomic E-state index is 0.176. The first-order chi connectivity index (χ1) is 10.2. The van der Waals surface area contributed by atoms with E-state index in [1.807, 2.05) is 12.1 Å². The highest BCUT2D eigenvalue weighted by Gasteiger charge is 2.10. The molecule has 1 amide bonds. The van der Waals surface area contributed by atoms with E-state index in [0.29, 0.717) is 0 Å². The molecule has 0 aliphatic heterocycles. The van der Waals surface area contributed by atoms with Gasteiger partial charge in [0, 0.05) is 12.3 Å². The molecule has 1 aromatic carbocycles. The molecule has 4 heteroatoms. The summed E-state index contributed by atoms with van der Waals surface area (Å²) in [6.45, 7) is 0. The van der Waals surface area contributed by atoms with E-state index in [2.05, 4.69) is 12.1 Å². The predicted octanol–water partition coefficient (Wildman–Crippen LogP) is 2.88. The zero-order valence-electron chi connectivity index (χ0n) is 12.7. The molecule has 0 aliphatic rings. The molecule has 0 bridgehead atoms. The quantitative estimate of drug-likeness (QED) is 0.503. The number of unbranched alkanes of at least 4 members (excludes halogenated alkanes) is 3. The molecule has 0 aliphatic carbocycles. The third-order valence-electron chi connectivity index (χ3n) is 3.61. The van der Waals surface area contributed by atoms with E-state index >= 15 is 0 Å². The monoisotopic (exact) mass is 291 g/mol. The number of aldehydes is 1. The summed E-state index contributed by atoms with van der Waals surface area (Å²) >= 11 is 0. The second-order valence-electron chi connectivity index (χ2n) is 5.37. The van der Waals surface area contributed by atoms with Gasteiger partial charge in [0.1, 0.15) is 12.0 Å². The van der Waals surface area contributed by atoms with Crippen molar-refractivity contribution in [1.29, 1.82) is 0 Å². The summed E-state index contributed by atoms with van der Waals surface area (Å²) in [7, 11) is 1.67. The van der Waals surface area contributed by atoms with Crippen LogP contribution in [0, 0.1) is 5.92 Å². The Balaban J connectivity index is 2.10. The Kier molecular flexibility index (Phi) is 8.17. The number of ether oxygens (including phenoxy) is 1. The van der Waals surface area contributed by atoms with Gasteiger partial charge in [-0.1, -0.05) is 31.4 Å². The molecule has 0 spiro atoms. The van der Waals surface area contributed by atoms with Crippen molar-refractivity contribution in [3.63, 3.8) is 0 Å². The van der Waals surface area contributed by atoms with Crippen molar-refractivity contribution in [3.05, 3.63) is 29.8 Å². The first-order valence-electron chi connectivity index (χ1n) is 7.52. The molecule has 1 aromatic rings. The largest absolute Gasteiger partial charge is 0.497 e. The van der Waals surface area contributed by atoms with Gasteiger partial charge in [0.25, 0.3) is 0 Å². The highest BCUT2D eigenvalue weighted by atomic mass is 16.5. The summed E-state index contributed by atoms with van der Waals surface area (Å²) in [6, 6.07) is 8.14. The third-order valence-corrected chi connectivity index (χ3v) is 3.61. The maximum Gasteiger partial charge on any atom is 0.218 e. The van der Waals surface area contributed by atoms with Crippen molar-refractivity contribution in [1.82, 2.24) is 0 Å². The number of hydrogen-bond donors (Lipinski definition) is 1. The number of primary amides is 1. The number of methoxy groups -OCH3 is 1. The van der Waals surface area contributed by atoms with E-state index in [9.17, 15) is 9.59 Å². The molecule has 0 unspecified atom stereocenters. The molecular weight excluding hydrogens is 266 g/mol. The lowest BCUT2D eigenvalue weighted by Gasteiger charge is -2.07. The van der Waals surface area contributed by atoms with Crippen LogP contribution in [0.1, 0.15) is 44.1 Å². The molecule has 116 valence electrons. The van der Waals surface area contributed by atoms with Gasteiger partial charge in [-0.25, -0.2) is 0 Å². The highest BCUT2D eigenvalue weighted by molar-refractivity contribution is 5.77. The molecule has 0 heterocycles. The van der Waals surface area contributed by atoms with Crippen molar-refractivity contribution < 1.29 is 14.3 Å². The Labute approximate surface area is 126 Å². The smallest absolute Gasteiger partial charge is 0.218 e. The van der Waals surface area contributed by atoms with Gasteiger partial charge in [0.2, 0.25) is 5.91 Å². The Hall–Kier alpha value is -1.84. The first kappa shape index (κ1) is 17.2. The lowest BCUT2D eigenvalue weighted by atomic mass is 9.98. The van der Waals surface area contributed by atoms with Crippen LogP contribution < -0.4 is 10.5 Å². The molecule has 1 rings (SSSR count). The summed E-state index contributed by atoms with van der Waals surface area (Å²) in [4.78, 5) is 21.5. The van der Waals surface area contributed by atoms with Crippen LogP contribution in [0.2, 0.25) is 0 Å². The van der Waals surface area contributed by atoms with Gasteiger partial charge >= 0.3 is 0 Å². The predicted molar refractivity (Wildman–Crippen MR) is 83.1 cm³/mol. The first-order valence-corrected chi connectivity index (χ1v) is 7.52. The van der Waals surface area contributed by atoms with E-state index in [4.69, 9.17) is 10.5 Å². The van der Waals surface area contributed by atoms with Crippen molar-refractivity contribution in [2.75, 3.05) is 7.11 Å². The fourth-order valence-electron chi connectivity index (χ4n) is 2.36. The van der Waals surface area contributed by atoms with Crippen molar-refractivity contribution in [2.45, 2.75) is 44.9 Å². The number of nitrogens with two attached hydrogens (primary N) is 1. The number of carbonyl (C=O) groups excluding carboxylic acids is 2. The molecule has 0 saturated heterocycles. The van der Waals surface area contributed by atoms with Gasteiger partial charge in [-0.2, -0.15) is 0 Å². The Morgan fingerprint density at radius 1 is 1.19 bits per heavy atom. The minimum atomic E-state index is -0.397. The van der Waals surface area contributed by atoms with E-state index < -0.39 is 5.91 Å². The van der Waals surface area contributed by atoms with Crippen molar-refractivity contribution in [2.24, 2.45) is 11.7 Å². The van der Waals surface area contributed by atoms with Crippen LogP contribution in [-0.2, 0) is 16.0 Å². The van der Waals surface area contributed by atoms with Gasteiger partial charge in [-0.15, -0.1) is 0 Å². The lowest BCUT2D eigenvalue weighted by molar-refractivity contribution is -0.122. The molecule has 0 aromatic heterocycles. The third kappa shape index (κ3) is 7.49. The summed E-state index contributed by atoms with van der Waals surface area (Å²) in [5.41, 5.74) is 6.41. The zero-order chi connectivity index (χ0) is 15.5. The van der Waals surface area contributed by atoms with E-state index in [1.165, 1.54) is 5.56 Å². The van der Waals surface area contributed by atoms with Crippen LogP contribution in [0.25, 0.3) is 0 Å². The van der Waals surface area contributed by atoms with Gasteiger partial charge in [-0.3, -0.25) is 4.79 Å². The molecule has 4 nitrogen and oxygen atoms in total. The van der Waals surface area contributed by atoms with Gasteiger partial charge in [0.15, 0.2) is 0 Å². The van der Waals surface area contributed by atoms with Crippen LogP contribution in [0.4, 0.5) is 0 Å². The van der Waals surface area contributed by atoms with E-state index in [-0.39, 0.29) is 12.3 Å². The highest BCUT2D eigenvalue weighted by Crippen LogP contribution is 2.15. The van der Waals surface area contributed by atoms with Gasteiger partial charge in [0.05, 0.1) is 7.11 Å². The van der Waals surface area contributed by atoms with Gasteiger partial charge < -0.3 is 15.3 Å². The molecule has 0 saturated carbocycles. The molecule has 0 fully saturated rings. The summed E-state index contributed by atoms with van der Waals surface area (Å²) in [6.07, 6.45) is 7.16. The van der Waals surface area contributed by atoms with Crippen LogP contribution in [0.15, 0.2) is 24.3 Å². The van der Waals surface area contributed by atoms with Crippen LogP contribution in [0.3, 0.4) is 0 Å². The van der Waals surface area contributed by atoms with Crippen LogP contribution >= 0.6 is 0 Å². The minimum Gasteiger partial charge on any atom is -0.497 e. The second-order valence-corrected chi connectivity index (χ2v) is 5.37. The van der Waals surface area contributed by atoms with Gasteiger partial charge in [-0.05, 0) is 37.0 Å². The maximum absolute atomic E-state index is 10.8. The zero-order valence-corrected chi connectivity index (χ0v) is 12.7. The average Bonchev–Trinajstić information content (AvgIpc) is 2.49. The molecule has 2 N–H and O–H groups in total. The molecule has 1 atom stereocenters. The Morgan fingerprint density at radius 2 is 1.86 bits per heavy atom. The van der Waals surface area contributed by atoms with E-state index in [0.717, 1.165) is 50.6 Å². The van der Waals surface area contributed by atoms with E-state index in [1.54, 1.807) is 7.11 Å². The van der Waals surface area contributed by atoms with Crippen LogP contribution in [0.5, 0.6) is 5.75 Å². The standard InChI is InChI=1S/C17H25NO3/c1-21-16-10-8-14(9-11-16)6-4-2-3-5-7-15(13-19)12-17(18)20/h8-11,13,15H,2-7,12H2,1H3,(H2,18,20)/t15-/m1/s1. The summed E-state index contributed by atoms with van der Waals surface area (Å²) < 4.78 is 5.13. The second kappa shape index (κ2) is 9.97. The molecule has 0 radical (unpaired) electrons. The fraction of sp³-hybridized carbons (Fsp3) is 0.529. The number of hydrogen-bond acceptors (Lipinski definition) is 3. The fourth-order valence-corrected chi connectivity index (χ4v) is 2.36. The molecule has 21 heavy (non-hydrogen) atoms. The SMILES string of the molecule is COc1ccc(CCCCCC[C@@H](C=O)CC(N)=O)cc1. The average molecular weight is 291 g/mol. The van der Waals surface area contributed by atoms with Crippen molar-refractivity contribution >= 4 is 12.2 Å². The number of aryl methyl sites for hydroxylation is 1. The van der Waals surface area contributed by atoms with Crippen molar-refractivity contribution in [3.8, 4) is 5.75 Å². The summed E-state index contributed by atoms with van der Waals surface area (Å²) in [5, 5.41) is 0. The lowest BCUT2D eigenvalue weighted by Crippen LogP contribution is -2.17. The van der Waals surface area contributed by atoms with Crippen LogP contribution in [-0.4, -0.2) is 19.3 Å².